The Kier molecular flexibility index (Phi) is 10.8. The number of nitrogens with zero attached hydrogens (tertiary/aromatic N) is 4. The normalized spacial score (nSPS) is 15.1. The maximum atomic E-state index is 13.5. The molecule has 222 valence electrons. The second-order valence-electron chi connectivity index (χ2n) is 9.90. The van der Waals surface area contributed by atoms with E-state index in [4.69, 9.17) is 27.9 Å². The summed E-state index contributed by atoms with van der Waals surface area (Å²) < 4.78 is 18.9. The third kappa shape index (κ3) is 8.89. The second-order valence-corrected chi connectivity index (χ2v) is 10.7. The summed E-state index contributed by atoms with van der Waals surface area (Å²) in [6, 6.07) is 20.6. The summed E-state index contributed by atoms with van der Waals surface area (Å²) in [6.45, 7) is 2.89. The van der Waals surface area contributed by atoms with Crippen molar-refractivity contribution in [3.8, 4) is 0 Å². The molecule has 6 rings (SSSR count). The molecule has 2 unspecified atom stereocenters. The largest absolute Gasteiger partial charge is 0.463 e. The van der Waals surface area contributed by atoms with E-state index in [1.165, 1.54) is 17.7 Å². The van der Waals surface area contributed by atoms with Crippen LogP contribution in [0.5, 0.6) is 0 Å². The molecule has 0 aliphatic carbocycles. The molecular formula is C32H32Cl2FN7O. The number of aromatic nitrogens is 2. The van der Waals surface area contributed by atoms with Crippen molar-refractivity contribution in [1.29, 1.82) is 0 Å². The molecule has 0 amide bonds. The molecule has 3 N–H and O–H groups in total. The lowest BCUT2D eigenvalue weighted by molar-refractivity contribution is 0.325. The molecule has 11 heteroatoms. The number of rotatable bonds is 8. The molecule has 0 bridgehead atoms. The average Bonchev–Trinajstić information content (AvgIpc) is 3.74. The molecule has 0 fully saturated rings. The van der Waals surface area contributed by atoms with E-state index in [9.17, 15) is 4.39 Å². The Morgan fingerprint density at radius 2 is 1.51 bits per heavy atom. The fourth-order valence-electron chi connectivity index (χ4n) is 4.74. The molecule has 2 aliphatic rings. The monoisotopic (exact) mass is 619 g/mol. The number of hydrogen-bond acceptors (Lipinski definition) is 8. The van der Waals surface area contributed by atoms with E-state index >= 15 is 0 Å². The lowest BCUT2D eigenvalue weighted by Gasteiger charge is -2.22. The zero-order valence-corrected chi connectivity index (χ0v) is 24.9. The fraction of sp³-hybridized carbons (Fsp3) is 0.250. The zero-order chi connectivity index (χ0) is 29.9. The SMILES string of the molecule is Clc1cccc(C(Cc2ccncc2)NC2=NCCN2)c1Cl.Fc1cccc(C(Cc2ccncc2)NC2=NCCO2)c1. The maximum Gasteiger partial charge on any atom is 0.285 e. The number of nitrogens with one attached hydrogen (secondary N) is 3. The van der Waals surface area contributed by atoms with E-state index in [-0.39, 0.29) is 17.9 Å². The minimum Gasteiger partial charge on any atom is -0.463 e. The van der Waals surface area contributed by atoms with E-state index in [0.29, 0.717) is 35.6 Å². The van der Waals surface area contributed by atoms with Gasteiger partial charge in [0.25, 0.3) is 6.02 Å². The first-order valence-electron chi connectivity index (χ1n) is 14.0. The highest BCUT2D eigenvalue weighted by Crippen LogP contribution is 2.31. The predicted molar refractivity (Wildman–Crippen MR) is 169 cm³/mol. The van der Waals surface area contributed by atoms with Crippen LogP contribution in [0.25, 0.3) is 0 Å². The van der Waals surface area contributed by atoms with Crippen molar-refractivity contribution in [2.75, 3.05) is 26.2 Å². The highest BCUT2D eigenvalue weighted by Gasteiger charge is 2.20. The van der Waals surface area contributed by atoms with Crippen LogP contribution in [-0.2, 0) is 17.6 Å². The topological polar surface area (TPSA) is 95.8 Å². The summed E-state index contributed by atoms with van der Waals surface area (Å²) in [5.41, 5.74) is 4.11. The van der Waals surface area contributed by atoms with Gasteiger partial charge in [-0.1, -0.05) is 47.5 Å². The summed E-state index contributed by atoms with van der Waals surface area (Å²) in [5, 5.41) is 11.0. The number of ether oxygens (including phenoxy) is 1. The molecule has 0 saturated carbocycles. The van der Waals surface area contributed by atoms with E-state index in [1.807, 2.05) is 42.5 Å². The highest BCUT2D eigenvalue weighted by molar-refractivity contribution is 6.42. The quantitative estimate of drug-likeness (QED) is 0.234. The first-order chi connectivity index (χ1) is 21.0. The first-order valence-corrected chi connectivity index (χ1v) is 14.8. The molecule has 2 aromatic heterocycles. The predicted octanol–water partition coefficient (Wildman–Crippen LogP) is 5.70. The Morgan fingerprint density at radius 3 is 2.14 bits per heavy atom. The van der Waals surface area contributed by atoms with Gasteiger partial charge in [-0.05, 0) is 77.6 Å². The molecule has 0 spiro atoms. The van der Waals surface area contributed by atoms with Crippen LogP contribution >= 0.6 is 23.2 Å². The molecule has 4 aromatic rings. The molecule has 4 heterocycles. The summed E-state index contributed by atoms with van der Waals surface area (Å²) in [4.78, 5) is 16.7. The molecule has 2 aromatic carbocycles. The zero-order valence-electron chi connectivity index (χ0n) is 23.4. The lowest BCUT2D eigenvalue weighted by Crippen LogP contribution is -2.37. The molecule has 0 radical (unpaired) electrons. The maximum absolute atomic E-state index is 13.5. The molecule has 43 heavy (non-hydrogen) atoms. The lowest BCUT2D eigenvalue weighted by atomic mass is 9.99. The summed E-state index contributed by atoms with van der Waals surface area (Å²) in [6.07, 6.45) is 8.55. The van der Waals surface area contributed by atoms with Gasteiger partial charge < -0.3 is 20.7 Å². The molecule has 8 nitrogen and oxygen atoms in total. The average molecular weight is 621 g/mol. The second kappa shape index (κ2) is 15.3. The van der Waals surface area contributed by atoms with Crippen molar-refractivity contribution in [2.24, 2.45) is 9.98 Å². The van der Waals surface area contributed by atoms with Gasteiger partial charge in [-0.15, -0.1) is 0 Å². The van der Waals surface area contributed by atoms with Crippen molar-refractivity contribution in [3.63, 3.8) is 0 Å². The first kappa shape index (κ1) is 30.3. The number of amidine groups is 1. The Bertz CT molecular complexity index is 1540. The number of benzene rings is 2. The fourth-order valence-corrected chi connectivity index (χ4v) is 5.18. The van der Waals surface area contributed by atoms with Crippen LogP contribution in [0.1, 0.15) is 34.3 Å². The van der Waals surface area contributed by atoms with Crippen LogP contribution in [0.2, 0.25) is 10.0 Å². The Labute approximate surface area is 260 Å². The minimum atomic E-state index is -0.247. The molecular weight excluding hydrogens is 588 g/mol. The van der Waals surface area contributed by atoms with E-state index in [0.717, 1.165) is 42.2 Å². The van der Waals surface area contributed by atoms with Crippen molar-refractivity contribution in [2.45, 2.75) is 24.9 Å². The van der Waals surface area contributed by atoms with Gasteiger partial charge >= 0.3 is 0 Å². The Morgan fingerprint density at radius 1 is 0.814 bits per heavy atom. The van der Waals surface area contributed by atoms with Gasteiger partial charge in [0.1, 0.15) is 12.4 Å². The summed E-state index contributed by atoms with van der Waals surface area (Å²) in [5.74, 6) is 0.554. The van der Waals surface area contributed by atoms with Crippen LogP contribution in [-0.4, -0.2) is 48.2 Å². The molecule has 2 aliphatic heterocycles. The Hall–Kier alpha value is -4.21. The van der Waals surface area contributed by atoms with Crippen LogP contribution in [0.15, 0.2) is 102 Å². The highest BCUT2D eigenvalue weighted by atomic mass is 35.5. The van der Waals surface area contributed by atoms with E-state index in [2.05, 4.69) is 35.9 Å². The van der Waals surface area contributed by atoms with Crippen molar-refractivity contribution >= 4 is 35.2 Å². The third-order valence-corrected chi connectivity index (χ3v) is 7.69. The van der Waals surface area contributed by atoms with Gasteiger partial charge in [0.2, 0.25) is 0 Å². The van der Waals surface area contributed by atoms with Gasteiger partial charge in [-0.3, -0.25) is 15.0 Å². The number of aliphatic imine (C=N–C) groups is 2. The smallest absolute Gasteiger partial charge is 0.285 e. The van der Waals surface area contributed by atoms with Crippen molar-refractivity contribution < 1.29 is 9.13 Å². The van der Waals surface area contributed by atoms with Crippen molar-refractivity contribution in [3.05, 3.63) is 130 Å². The Balaban J connectivity index is 0.000000171. The van der Waals surface area contributed by atoms with Gasteiger partial charge in [0.15, 0.2) is 5.96 Å². The van der Waals surface area contributed by atoms with Crippen molar-refractivity contribution in [1.82, 2.24) is 25.9 Å². The van der Waals surface area contributed by atoms with Crippen LogP contribution < -0.4 is 16.0 Å². The van der Waals surface area contributed by atoms with Crippen LogP contribution in [0, 0.1) is 5.82 Å². The third-order valence-electron chi connectivity index (χ3n) is 6.85. The summed E-state index contributed by atoms with van der Waals surface area (Å²) in [7, 11) is 0. The van der Waals surface area contributed by atoms with Gasteiger partial charge in [0.05, 0.1) is 35.2 Å². The number of guanidine groups is 1. The minimum absolute atomic E-state index is 0.0158. The van der Waals surface area contributed by atoms with Gasteiger partial charge in [-0.2, -0.15) is 0 Å². The summed E-state index contributed by atoms with van der Waals surface area (Å²) >= 11 is 12.6. The number of pyridine rings is 2. The standard InChI is InChI=1S/C16H16Cl2N4.C16H16FN3O/c17-13-3-1-2-12(15(13)18)14(22-16-20-8-9-21-16)10-11-4-6-19-7-5-11;17-14-3-1-2-13(11-14)15(20-16-19-8-9-21-16)10-12-4-6-18-7-5-12/h1-7,14H,8-10H2,(H2,20,21,22);1-7,11,15H,8-10H2,(H,19,20). The van der Waals surface area contributed by atoms with Gasteiger partial charge in [-0.25, -0.2) is 9.38 Å². The number of hydrogen-bond donors (Lipinski definition) is 3. The molecule has 0 saturated heterocycles. The van der Waals surface area contributed by atoms with Gasteiger partial charge in [0, 0.05) is 31.3 Å². The van der Waals surface area contributed by atoms with Crippen LogP contribution in [0.3, 0.4) is 0 Å². The van der Waals surface area contributed by atoms with E-state index < -0.39 is 0 Å². The molecule has 2 atom stereocenters. The van der Waals surface area contributed by atoms with E-state index in [1.54, 1.807) is 36.9 Å². The van der Waals surface area contributed by atoms with Crippen LogP contribution in [0.4, 0.5) is 4.39 Å². The number of halogens is 3.